The zero-order valence-corrected chi connectivity index (χ0v) is 7.75. The van der Waals surface area contributed by atoms with E-state index in [0.717, 1.165) is 6.42 Å². The van der Waals surface area contributed by atoms with E-state index in [-0.39, 0.29) is 18.4 Å². The molecule has 0 radical (unpaired) electrons. The van der Waals surface area contributed by atoms with Crippen molar-refractivity contribution < 1.29 is 9.59 Å². The van der Waals surface area contributed by atoms with Crippen molar-refractivity contribution in [1.82, 2.24) is 10.2 Å². The molecule has 4 heteroatoms. The lowest BCUT2D eigenvalue weighted by molar-refractivity contribution is -0.130. The minimum absolute atomic E-state index is 0.0100. The number of nitrogens with zero attached hydrogens (tertiary/aromatic N) is 1. The molecule has 2 unspecified atom stereocenters. The van der Waals surface area contributed by atoms with Crippen molar-refractivity contribution in [2.45, 2.75) is 25.8 Å². The van der Waals surface area contributed by atoms with E-state index >= 15 is 0 Å². The van der Waals surface area contributed by atoms with E-state index in [9.17, 15) is 9.59 Å². The third kappa shape index (κ3) is 1.66. The second kappa shape index (κ2) is 3.01. The van der Waals surface area contributed by atoms with Gasteiger partial charge in [-0.25, -0.2) is 0 Å². The Bertz CT molecular complexity index is 252. The van der Waals surface area contributed by atoms with E-state index < -0.39 is 0 Å². The highest BCUT2D eigenvalue weighted by atomic mass is 16.2. The molecule has 0 aromatic rings. The highest BCUT2D eigenvalue weighted by molar-refractivity contribution is 5.87. The summed E-state index contributed by atoms with van der Waals surface area (Å²) in [7, 11) is 0. The first-order valence-electron chi connectivity index (χ1n) is 4.74. The molecule has 0 aromatic heterocycles. The van der Waals surface area contributed by atoms with Gasteiger partial charge in [-0.15, -0.1) is 0 Å². The molecule has 1 saturated carbocycles. The Morgan fingerprint density at radius 2 is 2.15 bits per heavy atom. The van der Waals surface area contributed by atoms with Crippen LogP contribution in [0.15, 0.2) is 0 Å². The van der Waals surface area contributed by atoms with Gasteiger partial charge >= 0.3 is 0 Å². The molecular formula is C9H14N2O2. The zero-order valence-electron chi connectivity index (χ0n) is 7.75. The molecule has 2 aliphatic rings. The van der Waals surface area contributed by atoms with E-state index in [1.54, 1.807) is 0 Å². The second-order valence-corrected chi connectivity index (χ2v) is 3.89. The van der Waals surface area contributed by atoms with E-state index in [2.05, 4.69) is 12.2 Å². The molecule has 1 saturated heterocycles. The summed E-state index contributed by atoms with van der Waals surface area (Å²) >= 11 is 0. The van der Waals surface area contributed by atoms with Crippen LogP contribution < -0.4 is 5.32 Å². The van der Waals surface area contributed by atoms with Gasteiger partial charge in [0.1, 0.15) is 0 Å². The van der Waals surface area contributed by atoms with Gasteiger partial charge in [-0.3, -0.25) is 9.59 Å². The molecule has 2 rings (SSSR count). The fraction of sp³-hybridized carbons (Fsp3) is 0.778. The molecule has 13 heavy (non-hydrogen) atoms. The predicted molar refractivity (Wildman–Crippen MR) is 46.9 cm³/mol. The number of hydrogen-bond donors (Lipinski definition) is 1. The maximum atomic E-state index is 11.5. The molecule has 0 spiro atoms. The molecule has 0 bridgehead atoms. The lowest BCUT2D eigenvalue weighted by atomic mass is 10.3. The zero-order chi connectivity index (χ0) is 9.42. The molecule has 1 heterocycles. The monoisotopic (exact) mass is 182 g/mol. The van der Waals surface area contributed by atoms with Gasteiger partial charge in [-0.05, 0) is 12.3 Å². The summed E-state index contributed by atoms with van der Waals surface area (Å²) in [5, 5.41) is 2.59. The molecule has 1 N–H and O–H groups in total. The van der Waals surface area contributed by atoms with Gasteiger partial charge in [0, 0.05) is 19.0 Å². The first-order chi connectivity index (χ1) is 6.18. The number of hydrogen-bond acceptors (Lipinski definition) is 2. The van der Waals surface area contributed by atoms with Gasteiger partial charge in [0.15, 0.2) is 0 Å². The molecular weight excluding hydrogens is 168 g/mol. The Kier molecular flexibility index (Phi) is 1.98. The Balaban J connectivity index is 2.01. The Labute approximate surface area is 77.3 Å². The molecule has 2 fully saturated rings. The smallest absolute Gasteiger partial charge is 0.242 e. The summed E-state index contributed by atoms with van der Waals surface area (Å²) in [6.07, 6.45) is 1.55. The van der Waals surface area contributed by atoms with E-state index in [1.807, 2.05) is 4.90 Å². The highest BCUT2D eigenvalue weighted by Gasteiger charge is 2.40. The van der Waals surface area contributed by atoms with Gasteiger partial charge in [-0.2, -0.15) is 0 Å². The molecule has 1 aliphatic carbocycles. The standard InChI is InChI=1S/C9H14N2O2/c1-6-4-7(6)11-3-2-8(12)10-5-9(11)13/h6-7H,2-5H2,1H3,(H,10,12). The lowest BCUT2D eigenvalue weighted by Gasteiger charge is -2.19. The Hall–Kier alpha value is -1.06. The Morgan fingerprint density at radius 1 is 1.46 bits per heavy atom. The van der Waals surface area contributed by atoms with Gasteiger partial charge in [0.05, 0.1) is 6.54 Å². The number of carbonyl (C=O) groups is 2. The molecule has 2 atom stereocenters. The fourth-order valence-corrected chi connectivity index (χ4v) is 1.80. The third-order valence-corrected chi connectivity index (χ3v) is 2.80. The number of nitrogens with one attached hydrogen (secondary N) is 1. The molecule has 2 amide bonds. The first-order valence-corrected chi connectivity index (χ1v) is 4.74. The van der Waals surface area contributed by atoms with Crippen LogP contribution in [0.25, 0.3) is 0 Å². The Morgan fingerprint density at radius 3 is 2.77 bits per heavy atom. The van der Waals surface area contributed by atoms with Gasteiger partial charge < -0.3 is 10.2 Å². The SMILES string of the molecule is CC1CC1N1CCC(=O)NCC1=O. The lowest BCUT2D eigenvalue weighted by Crippen LogP contribution is -2.37. The van der Waals surface area contributed by atoms with Crippen molar-refractivity contribution in [3.63, 3.8) is 0 Å². The highest BCUT2D eigenvalue weighted by Crippen LogP contribution is 2.35. The minimum atomic E-state index is -0.0100. The van der Waals surface area contributed by atoms with Crippen LogP contribution in [0.3, 0.4) is 0 Å². The van der Waals surface area contributed by atoms with Crippen LogP contribution in [0.1, 0.15) is 19.8 Å². The summed E-state index contributed by atoms with van der Waals surface area (Å²) in [4.78, 5) is 24.4. The summed E-state index contributed by atoms with van der Waals surface area (Å²) in [6, 6.07) is 0.403. The van der Waals surface area contributed by atoms with Crippen LogP contribution in [0.4, 0.5) is 0 Å². The minimum Gasteiger partial charge on any atom is -0.347 e. The fourth-order valence-electron chi connectivity index (χ4n) is 1.80. The van der Waals surface area contributed by atoms with Crippen molar-refractivity contribution in [3.8, 4) is 0 Å². The van der Waals surface area contributed by atoms with Crippen LogP contribution in [0, 0.1) is 5.92 Å². The largest absolute Gasteiger partial charge is 0.347 e. The third-order valence-electron chi connectivity index (χ3n) is 2.80. The topological polar surface area (TPSA) is 49.4 Å². The van der Waals surface area contributed by atoms with Crippen molar-refractivity contribution in [2.24, 2.45) is 5.92 Å². The molecule has 4 nitrogen and oxygen atoms in total. The van der Waals surface area contributed by atoms with Gasteiger partial charge in [-0.1, -0.05) is 6.92 Å². The van der Waals surface area contributed by atoms with Crippen molar-refractivity contribution in [3.05, 3.63) is 0 Å². The quantitative estimate of drug-likeness (QED) is 0.607. The summed E-state index contributed by atoms with van der Waals surface area (Å²) in [6.45, 7) is 2.92. The van der Waals surface area contributed by atoms with Crippen LogP contribution in [0.2, 0.25) is 0 Å². The van der Waals surface area contributed by atoms with E-state index in [0.29, 0.717) is 24.9 Å². The van der Waals surface area contributed by atoms with Gasteiger partial charge in [0.25, 0.3) is 0 Å². The van der Waals surface area contributed by atoms with E-state index in [4.69, 9.17) is 0 Å². The average Bonchev–Trinajstić information content (AvgIpc) is 2.80. The first kappa shape index (κ1) is 8.53. The number of rotatable bonds is 1. The summed E-state index contributed by atoms with van der Waals surface area (Å²) < 4.78 is 0. The van der Waals surface area contributed by atoms with Crippen LogP contribution in [-0.2, 0) is 9.59 Å². The normalized spacial score (nSPS) is 34.1. The second-order valence-electron chi connectivity index (χ2n) is 3.89. The van der Waals surface area contributed by atoms with Crippen LogP contribution in [-0.4, -0.2) is 35.8 Å². The van der Waals surface area contributed by atoms with Crippen LogP contribution in [0.5, 0.6) is 0 Å². The molecule has 0 aromatic carbocycles. The summed E-state index contributed by atoms with van der Waals surface area (Å²) in [5.74, 6) is 0.682. The molecule has 1 aliphatic heterocycles. The van der Waals surface area contributed by atoms with Crippen molar-refractivity contribution >= 4 is 11.8 Å². The summed E-state index contributed by atoms with van der Waals surface area (Å²) in [5.41, 5.74) is 0. The maximum Gasteiger partial charge on any atom is 0.242 e. The molecule has 72 valence electrons. The van der Waals surface area contributed by atoms with Crippen molar-refractivity contribution in [2.75, 3.05) is 13.1 Å². The number of amides is 2. The maximum absolute atomic E-state index is 11.5. The average molecular weight is 182 g/mol. The van der Waals surface area contributed by atoms with Crippen LogP contribution >= 0.6 is 0 Å². The van der Waals surface area contributed by atoms with E-state index in [1.165, 1.54) is 0 Å². The number of carbonyl (C=O) groups excluding carboxylic acids is 2. The predicted octanol–water partition coefficient (Wildman–Crippen LogP) is -0.257. The van der Waals surface area contributed by atoms with Crippen molar-refractivity contribution in [1.29, 1.82) is 0 Å². The van der Waals surface area contributed by atoms with Gasteiger partial charge in [0.2, 0.25) is 11.8 Å².